The van der Waals surface area contributed by atoms with Crippen LogP contribution in [-0.2, 0) is 13.0 Å². The molecule has 1 aliphatic rings. The summed E-state index contributed by atoms with van der Waals surface area (Å²) in [4.78, 5) is 7.32. The lowest BCUT2D eigenvalue weighted by Gasteiger charge is -2.34. The third-order valence-corrected chi connectivity index (χ3v) is 5.07. The van der Waals surface area contributed by atoms with E-state index in [1.807, 2.05) is 12.3 Å². The van der Waals surface area contributed by atoms with E-state index in [0.29, 0.717) is 0 Å². The predicted octanol–water partition coefficient (Wildman–Crippen LogP) is 3.91. The molecule has 0 saturated carbocycles. The highest BCUT2D eigenvalue weighted by atomic mass is 15.3. The molecule has 4 heteroatoms. The molecule has 0 spiro atoms. The molecular formula is C20H24N4. The fourth-order valence-electron chi connectivity index (χ4n) is 3.68. The van der Waals surface area contributed by atoms with Gasteiger partial charge in [0.2, 0.25) is 0 Å². The van der Waals surface area contributed by atoms with Crippen molar-refractivity contribution in [1.29, 1.82) is 0 Å². The molecule has 2 aromatic heterocycles. The molecule has 1 fully saturated rings. The first-order chi connectivity index (χ1) is 11.8. The van der Waals surface area contributed by atoms with Crippen molar-refractivity contribution in [3.8, 4) is 0 Å². The SMILES string of the molecule is CCc1cc(N2CCC(Cn3cccn3)CC2)c2ccccc2n1. The number of para-hydroxylation sites is 1. The Labute approximate surface area is 143 Å². The van der Waals surface area contributed by atoms with Gasteiger partial charge in [0.25, 0.3) is 0 Å². The third-order valence-electron chi connectivity index (χ3n) is 5.07. The van der Waals surface area contributed by atoms with Crippen molar-refractivity contribution in [2.45, 2.75) is 32.7 Å². The average Bonchev–Trinajstić information content (AvgIpc) is 3.14. The quantitative estimate of drug-likeness (QED) is 0.731. The van der Waals surface area contributed by atoms with Crippen LogP contribution in [-0.4, -0.2) is 27.9 Å². The highest BCUT2D eigenvalue weighted by Crippen LogP contribution is 2.30. The number of anilines is 1. The van der Waals surface area contributed by atoms with Crippen LogP contribution in [0.5, 0.6) is 0 Å². The van der Waals surface area contributed by atoms with E-state index in [1.54, 1.807) is 0 Å². The van der Waals surface area contributed by atoms with Gasteiger partial charge in [0.1, 0.15) is 0 Å². The van der Waals surface area contributed by atoms with Crippen LogP contribution < -0.4 is 4.90 Å². The molecule has 4 nitrogen and oxygen atoms in total. The molecule has 0 bridgehead atoms. The summed E-state index contributed by atoms with van der Waals surface area (Å²) in [5.74, 6) is 0.722. The van der Waals surface area contributed by atoms with Crippen LogP contribution in [0.2, 0.25) is 0 Å². The number of aromatic nitrogens is 3. The molecule has 1 saturated heterocycles. The molecule has 1 aromatic carbocycles. The van der Waals surface area contributed by atoms with Crippen LogP contribution in [0, 0.1) is 5.92 Å². The van der Waals surface area contributed by atoms with Crippen molar-refractivity contribution < 1.29 is 0 Å². The lowest BCUT2D eigenvalue weighted by molar-refractivity contribution is 0.342. The first kappa shape index (κ1) is 15.2. The topological polar surface area (TPSA) is 34.0 Å². The molecule has 0 atom stereocenters. The number of piperidine rings is 1. The van der Waals surface area contributed by atoms with Crippen LogP contribution in [0.25, 0.3) is 10.9 Å². The van der Waals surface area contributed by atoms with Crippen LogP contribution in [0.15, 0.2) is 48.8 Å². The van der Waals surface area contributed by atoms with Crippen LogP contribution in [0.4, 0.5) is 5.69 Å². The fraction of sp³-hybridized carbons (Fsp3) is 0.400. The summed E-state index contributed by atoms with van der Waals surface area (Å²) in [5.41, 5.74) is 3.66. The van der Waals surface area contributed by atoms with Crippen LogP contribution in [0.1, 0.15) is 25.5 Å². The lowest BCUT2D eigenvalue weighted by atomic mass is 9.96. The maximum Gasteiger partial charge on any atom is 0.0726 e. The van der Waals surface area contributed by atoms with E-state index in [-0.39, 0.29) is 0 Å². The number of nitrogens with zero attached hydrogens (tertiary/aromatic N) is 4. The molecule has 4 rings (SSSR count). The third kappa shape index (κ3) is 3.01. The smallest absolute Gasteiger partial charge is 0.0726 e. The van der Waals surface area contributed by atoms with Gasteiger partial charge in [-0.15, -0.1) is 0 Å². The Hall–Kier alpha value is -2.36. The summed E-state index contributed by atoms with van der Waals surface area (Å²) in [6.45, 7) is 5.45. The maximum atomic E-state index is 4.78. The second-order valence-electron chi connectivity index (χ2n) is 6.66. The number of aryl methyl sites for hydroxylation is 1. The predicted molar refractivity (Wildman–Crippen MR) is 98.3 cm³/mol. The minimum atomic E-state index is 0.722. The van der Waals surface area contributed by atoms with Gasteiger partial charge >= 0.3 is 0 Å². The zero-order chi connectivity index (χ0) is 16.4. The molecule has 124 valence electrons. The summed E-state index contributed by atoms with van der Waals surface area (Å²) in [6.07, 6.45) is 7.35. The number of fused-ring (bicyclic) bond motifs is 1. The zero-order valence-corrected chi connectivity index (χ0v) is 14.2. The van der Waals surface area contributed by atoms with Crippen molar-refractivity contribution in [3.63, 3.8) is 0 Å². The van der Waals surface area contributed by atoms with Crippen molar-refractivity contribution in [2.75, 3.05) is 18.0 Å². The second kappa shape index (κ2) is 6.63. The maximum absolute atomic E-state index is 4.78. The minimum Gasteiger partial charge on any atom is -0.371 e. The lowest BCUT2D eigenvalue weighted by Crippen LogP contribution is -2.35. The summed E-state index contributed by atoms with van der Waals surface area (Å²) in [5, 5.41) is 5.62. The van der Waals surface area contributed by atoms with E-state index in [1.165, 1.54) is 29.6 Å². The molecule has 0 N–H and O–H groups in total. The van der Waals surface area contributed by atoms with E-state index in [0.717, 1.165) is 37.5 Å². The molecule has 0 amide bonds. The fourth-order valence-corrected chi connectivity index (χ4v) is 3.68. The van der Waals surface area contributed by atoms with Gasteiger partial charge in [-0.1, -0.05) is 25.1 Å². The van der Waals surface area contributed by atoms with Crippen molar-refractivity contribution in [2.24, 2.45) is 5.92 Å². The Morgan fingerprint density at radius 2 is 1.96 bits per heavy atom. The van der Waals surface area contributed by atoms with E-state index >= 15 is 0 Å². The first-order valence-corrected chi connectivity index (χ1v) is 8.94. The second-order valence-corrected chi connectivity index (χ2v) is 6.66. The van der Waals surface area contributed by atoms with Crippen molar-refractivity contribution in [3.05, 3.63) is 54.5 Å². The van der Waals surface area contributed by atoms with Gasteiger partial charge in [0.05, 0.1) is 5.52 Å². The molecule has 24 heavy (non-hydrogen) atoms. The summed E-state index contributed by atoms with van der Waals surface area (Å²) >= 11 is 0. The van der Waals surface area contributed by atoms with Gasteiger partial charge in [-0.2, -0.15) is 5.10 Å². The largest absolute Gasteiger partial charge is 0.371 e. The Balaban J connectivity index is 1.54. The van der Waals surface area contributed by atoms with Crippen molar-refractivity contribution in [1.82, 2.24) is 14.8 Å². The molecule has 1 aliphatic heterocycles. The van der Waals surface area contributed by atoms with Crippen molar-refractivity contribution >= 4 is 16.6 Å². The van der Waals surface area contributed by atoms with Gasteiger partial charge < -0.3 is 4.90 Å². The summed E-state index contributed by atoms with van der Waals surface area (Å²) < 4.78 is 2.07. The first-order valence-electron chi connectivity index (χ1n) is 8.94. The summed E-state index contributed by atoms with van der Waals surface area (Å²) in [6, 6.07) is 12.8. The normalized spacial score (nSPS) is 16.0. The average molecular weight is 320 g/mol. The molecule has 0 radical (unpaired) electrons. The number of hydrogen-bond acceptors (Lipinski definition) is 3. The van der Waals surface area contributed by atoms with E-state index in [9.17, 15) is 0 Å². The van der Waals surface area contributed by atoms with E-state index in [4.69, 9.17) is 4.98 Å². The van der Waals surface area contributed by atoms with Gasteiger partial charge in [-0.3, -0.25) is 9.67 Å². The minimum absolute atomic E-state index is 0.722. The zero-order valence-electron chi connectivity index (χ0n) is 14.2. The van der Waals surface area contributed by atoms with Gasteiger partial charge in [-0.05, 0) is 43.4 Å². The number of hydrogen-bond donors (Lipinski definition) is 0. The molecule has 3 heterocycles. The Bertz CT molecular complexity index is 802. The molecular weight excluding hydrogens is 296 g/mol. The number of benzene rings is 1. The Morgan fingerprint density at radius 1 is 1.12 bits per heavy atom. The van der Waals surface area contributed by atoms with Gasteiger partial charge in [0.15, 0.2) is 0 Å². The van der Waals surface area contributed by atoms with Crippen LogP contribution >= 0.6 is 0 Å². The Kier molecular flexibility index (Phi) is 4.20. The van der Waals surface area contributed by atoms with Crippen LogP contribution in [0.3, 0.4) is 0 Å². The van der Waals surface area contributed by atoms with E-state index in [2.05, 4.69) is 58.1 Å². The van der Waals surface area contributed by atoms with E-state index < -0.39 is 0 Å². The molecule has 0 unspecified atom stereocenters. The summed E-state index contributed by atoms with van der Waals surface area (Å²) in [7, 11) is 0. The monoisotopic (exact) mass is 320 g/mol. The standard InChI is InChI=1S/C20H24N4/c1-2-17-14-20(18-6-3-4-7-19(18)22-17)23-12-8-16(9-13-23)15-24-11-5-10-21-24/h3-7,10-11,14,16H,2,8-9,12-13,15H2,1H3. The number of pyridine rings is 1. The highest BCUT2D eigenvalue weighted by Gasteiger charge is 2.21. The molecule has 3 aromatic rings. The Morgan fingerprint density at radius 3 is 2.71 bits per heavy atom. The van der Waals surface area contributed by atoms with Gasteiger partial charge in [-0.25, -0.2) is 0 Å². The van der Waals surface area contributed by atoms with Gasteiger partial charge in [0, 0.05) is 48.8 Å². The highest BCUT2D eigenvalue weighted by molar-refractivity contribution is 5.92. The number of rotatable bonds is 4. The molecule has 0 aliphatic carbocycles.